The predicted molar refractivity (Wildman–Crippen MR) is 152 cm³/mol. The predicted octanol–water partition coefficient (Wildman–Crippen LogP) is 4.13. The summed E-state index contributed by atoms with van der Waals surface area (Å²) < 4.78 is 29.7. The molecule has 3 aromatic rings. The third-order valence-corrected chi connectivity index (χ3v) is 9.20. The van der Waals surface area contributed by atoms with E-state index in [1.165, 1.54) is 32.1 Å². The number of benzene rings is 2. The van der Waals surface area contributed by atoms with Crippen molar-refractivity contribution in [2.24, 2.45) is 5.14 Å². The van der Waals surface area contributed by atoms with Crippen LogP contribution in [0.2, 0.25) is 0 Å². The molecule has 38 heavy (non-hydrogen) atoms. The lowest BCUT2D eigenvalue weighted by molar-refractivity contribution is 0.210. The van der Waals surface area contributed by atoms with Crippen LogP contribution in [0.1, 0.15) is 36.1 Å². The van der Waals surface area contributed by atoms with Gasteiger partial charge in [0.05, 0.1) is 52.0 Å². The first-order valence-electron chi connectivity index (χ1n) is 12.7. The molecule has 8 nitrogen and oxygen atoms in total. The quantitative estimate of drug-likeness (QED) is 0.362. The summed E-state index contributed by atoms with van der Waals surface area (Å²) in [5, 5.41) is 22.7. The Morgan fingerprint density at radius 3 is 2.63 bits per heavy atom. The van der Waals surface area contributed by atoms with E-state index in [0.29, 0.717) is 30.4 Å². The van der Waals surface area contributed by atoms with Crippen LogP contribution in [0.4, 0.5) is 11.4 Å². The highest BCUT2D eigenvalue weighted by atomic mass is 32.2. The van der Waals surface area contributed by atoms with Crippen molar-refractivity contribution in [2.45, 2.75) is 49.1 Å². The van der Waals surface area contributed by atoms with E-state index in [4.69, 9.17) is 9.88 Å². The summed E-state index contributed by atoms with van der Waals surface area (Å²) in [6.07, 6.45) is 5.29. The molecule has 1 saturated heterocycles. The number of ether oxygens (including phenoxy) is 1. The number of sulfonamides is 1. The van der Waals surface area contributed by atoms with Crippen molar-refractivity contribution in [3.8, 4) is 23.7 Å². The zero-order chi connectivity index (χ0) is 26.7. The largest absolute Gasteiger partial charge is 0.495 e. The molecule has 2 heterocycles. The number of nitrogens with two attached hydrogens (primary N) is 1. The van der Waals surface area contributed by atoms with Crippen molar-refractivity contribution < 1.29 is 13.2 Å². The van der Waals surface area contributed by atoms with E-state index in [9.17, 15) is 13.7 Å². The number of methoxy groups -OCH3 is 1. The van der Waals surface area contributed by atoms with Gasteiger partial charge in [0.2, 0.25) is 10.0 Å². The number of thiophene rings is 1. The normalized spacial score (nSPS) is 16.4. The van der Waals surface area contributed by atoms with Crippen molar-refractivity contribution in [1.82, 2.24) is 4.90 Å². The maximum Gasteiger partial charge on any atom is 0.238 e. The summed E-state index contributed by atoms with van der Waals surface area (Å²) in [4.78, 5) is 3.49. The van der Waals surface area contributed by atoms with Crippen LogP contribution in [0.25, 0.3) is 10.1 Å². The van der Waals surface area contributed by atoms with E-state index in [2.05, 4.69) is 45.6 Å². The number of hydrogen-bond acceptors (Lipinski definition) is 8. The van der Waals surface area contributed by atoms with Gasteiger partial charge in [0.15, 0.2) is 0 Å². The van der Waals surface area contributed by atoms with Gasteiger partial charge in [-0.2, -0.15) is 5.26 Å². The van der Waals surface area contributed by atoms with Crippen LogP contribution in [0.5, 0.6) is 5.75 Å². The summed E-state index contributed by atoms with van der Waals surface area (Å²) in [5.41, 5.74) is 2.69. The summed E-state index contributed by atoms with van der Waals surface area (Å²) in [5.74, 6) is 6.76. The third kappa shape index (κ3) is 5.90. The standard InChI is InChI=1S/C28H31N5O3S2/c1-36-26-18-21(38(30,34)35)9-10-24(26)31-15-3-6-27-22(11-14-29)23-4-2-5-25(28(23)37-27)32-19-12-16-33(17-13-19)20-7-8-20/h2,4-5,9-10,18-20,31-32H,7-8,11-13,15-17H2,1H3,(H2,30,34,35). The maximum absolute atomic E-state index is 11.6. The molecule has 0 unspecified atom stereocenters. The van der Waals surface area contributed by atoms with Gasteiger partial charge in [0.25, 0.3) is 0 Å². The zero-order valence-electron chi connectivity index (χ0n) is 21.3. The average molecular weight is 550 g/mol. The Hall–Kier alpha value is -3.28. The number of piperidine rings is 1. The van der Waals surface area contributed by atoms with Crippen LogP contribution in [0, 0.1) is 23.2 Å². The van der Waals surface area contributed by atoms with Crippen LogP contribution in [0.15, 0.2) is 41.3 Å². The molecule has 0 spiro atoms. The van der Waals surface area contributed by atoms with Crippen molar-refractivity contribution in [1.29, 1.82) is 5.26 Å². The Morgan fingerprint density at radius 2 is 1.95 bits per heavy atom. The summed E-state index contributed by atoms with van der Waals surface area (Å²) in [7, 11) is -2.36. The molecule has 198 valence electrons. The van der Waals surface area contributed by atoms with Crippen molar-refractivity contribution in [3.63, 3.8) is 0 Å². The van der Waals surface area contributed by atoms with E-state index >= 15 is 0 Å². The van der Waals surface area contributed by atoms with Crippen LogP contribution in [-0.2, 0) is 16.4 Å². The fourth-order valence-corrected chi connectivity index (χ4v) is 6.67. The highest BCUT2D eigenvalue weighted by molar-refractivity contribution is 7.89. The molecular weight excluding hydrogens is 518 g/mol. The Bertz CT molecular complexity index is 1540. The monoisotopic (exact) mass is 549 g/mol. The Kier molecular flexibility index (Phi) is 7.78. The first-order chi connectivity index (χ1) is 18.4. The molecule has 2 aliphatic rings. The molecule has 10 heteroatoms. The van der Waals surface area contributed by atoms with E-state index in [0.717, 1.165) is 58.2 Å². The smallest absolute Gasteiger partial charge is 0.238 e. The number of anilines is 2. The summed E-state index contributed by atoms with van der Waals surface area (Å²) in [6.45, 7) is 2.62. The summed E-state index contributed by atoms with van der Waals surface area (Å²) >= 11 is 1.62. The number of nitrogens with zero attached hydrogens (tertiary/aromatic N) is 2. The molecule has 5 rings (SSSR count). The number of fused-ring (bicyclic) bond motifs is 1. The minimum absolute atomic E-state index is 0.0183. The van der Waals surface area contributed by atoms with Gasteiger partial charge in [-0.25, -0.2) is 13.6 Å². The molecule has 1 aliphatic carbocycles. The Balaban J connectivity index is 1.32. The number of nitrogens with one attached hydrogen (secondary N) is 2. The third-order valence-electron chi connectivity index (χ3n) is 7.10. The second-order valence-corrected chi connectivity index (χ2v) is 12.3. The van der Waals surface area contributed by atoms with Gasteiger partial charge in [0.1, 0.15) is 5.75 Å². The summed E-state index contributed by atoms with van der Waals surface area (Å²) in [6, 6.07) is 14.2. The van der Waals surface area contributed by atoms with Crippen molar-refractivity contribution in [3.05, 3.63) is 46.8 Å². The lowest BCUT2D eigenvalue weighted by Gasteiger charge is -2.33. The van der Waals surface area contributed by atoms with Crippen LogP contribution in [-0.4, -0.2) is 52.1 Å². The molecule has 1 aliphatic heterocycles. The van der Waals surface area contributed by atoms with E-state index in [-0.39, 0.29) is 4.90 Å². The zero-order valence-corrected chi connectivity index (χ0v) is 22.9. The second kappa shape index (κ2) is 11.2. The van der Waals surface area contributed by atoms with Gasteiger partial charge in [-0.05, 0) is 43.9 Å². The molecule has 2 aromatic carbocycles. The number of primary sulfonamides is 1. The second-order valence-electron chi connectivity index (χ2n) is 9.68. The Morgan fingerprint density at radius 1 is 1.16 bits per heavy atom. The first kappa shape index (κ1) is 26.3. The first-order valence-corrected chi connectivity index (χ1v) is 15.1. The number of hydrogen-bond donors (Lipinski definition) is 3. The van der Waals surface area contributed by atoms with Gasteiger partial charge in [0, 0.05) is 42.2 Å². The fourth-order valence-electron chi connectivity index (χ4n) is 4.97. The van der Waals surface area contributed by atoms with Crippen LogP contribution in [0.3, 0.4) is 0 Å². The molecule has 1 saturated carbocycles. The van der Waals surface area contributed by atoms with E-state index in [1.54, 1.807) is 17.4 Å². The van der Waals surface area contributed by atoms with Gasteiger partial charge in [-0.15, -0.1) is 11.3 Å². The molecule has 2 fully saturated rings. The number of likely N-dealkylation sites (tertiary alicyclic amines) is 1. The minimum Gasteiger partial charge on any atom is -0.495 e. The maximum atomic E-state index is 11.6. The molecule has 0 radical (unpaired) electrons. The molecule has 0 atom stereocenters. The van der Waals surface area contributed by atoms with Crippen molar-refractivity contribution in [2.75, 3.05) is 37.4 Å². The topological polar surface area (TPSA) is 120 Å². The van der Waals surface area contributed by atoms with Crippen LogP contribution < -0.4 is 20.5 Å². The molecule has 0 bridgehead atoms. The number of nitriles is 1. The SMILES string of the molecule is COc1cc(S(N)(=O)=O)ccc1NCC#Cc1sc2c(NC3CCN(C4CC4)CC3)cccc2c1CC#N. The van der Waals surface area contributed by atoms with E-state index < -0.39 is 10.0 Å². The van der Waals surface area contributed by atoms with Gasteiger partial charge < -0.3 is 20.3 Å². The molecule has 1 aromatic heterocycles. The highest BCUT2D eigenvalue weighted by Crippen LogP contribution is 2.37. The van der Waals surface area contributed by atoms with Crippen LogP contribution >= 0.6 is 11.3 Å². The molecule has 0 amide bonds. The Labute approximate surface area is 227 Å². The highest BCUT2D eigenvalue weighted by Gasteiger charge is 2.31. The molecule has 4 N–H and O–H groups in total. The lowest BCUT2D eigenvalue weighted by atomic mass is 10.0. The van der Waals surface area contributed by atoms with Crippen molar-refractivity contribution >= 4 is 42.8 Å². The number of rotatable bonds is 8. The minimum atomic E-state index is -3.82. The van der Waals surface area contributed by atoms with Gasteiger partial charge in [-0.1, -0.05) is 24.0 Å². The van der Waals surface area contributed by atoms with Gasteiger partial charge >= 0.3 is 0 Å². The average Bonchev–Trinajstić information content (AvgIpc) is 3.70. The lowest BCUT2D eigenvalue weighted by Crippen LogP contribution is -2.40. The fraction of sp³-hybridized carbons (Fsp3) is 0.393. The van der Waals surface area contributed by atoms with E-state index in [1.807, 2.05) is 6.07 Å². The molecular formula is C28H31N5O3S2. The van der Waals surface area contributed by atoms with Gasteiger partial charge in [-0.3, -0.25) is 0 Å².